The Morgan fingerprint density at radius 3 is 2.82 bits per heavy atom. The zero-order chi connectivity index (χ0) is 15.7. The largest absolute Gasteiger partial charge is 0.380 e. The van der Waals surface area contributed by atoms with Gasteiger partial charge in [0.05, 0.1) is 11.5 Å². The molecule has 2 heterocycles. The van der Waals surface area contributed by atoms with E-state index >= 15 is 0 Å². The van der Waals surface area contributed by atoms with E-state index in [1.165, 1.54) is 0 Å². The van der Waals surface area contributed by atoms with Crippen molar-refractivity contribution in [1.29, 1.82) is 0 Å². The quantitative estimate of drug-likeness (QED) is 0.843. The number of piperidine rings is 1. The molecule has 0 amide bonds. The molecule has 0 N–H and O–H groups in total. The fourth-order valence-electron chi connectivity index (χ4n) is 3.66. The molecule has 0 aliphatic carbocycles. The first-order chi connectivity index (χ1) is 10.5. The maximum absolute atomic E-state index is 13.0. The van der Waals surface area contributed by atoms with E-state index in [9.17, 15) is 8.42 Å². The second-order valence-electron chi connectivity index (χ2n) is 6.36. The van der Waals surface area contributed by atoms with Gasteiger partial charge in [0, 0.05) is 26.2 Å². The highest BCUT2D eigenvalue weighted by molar-refractivity contribution is 7.89. The number of sulfonamides is 1. The Morgan fingerprint density at radius 1 is 1.27 bits per heavy atom. The summed E-state index contributed by atoms with van der Waals surface area (Å²) in [6, 6.07) is 7.23. The molecular formula is C16H24N2O3S. The third kappa shape index (κ3) is 2.93. The number of likely N-dealkylation sites (tertiary alicyclic amines) is 1. The summed E-state index contributed by atoms with van der Waals surface area (Å²) in [5, 5.41) is 0. The van der Waals surface area contributed by atoms with Crippen LogP contribution in [-0.2, 0) is 21.4 Å². The monoisotopic (exact) mass is 324 g/mol. The Bertz CT molecular complexity index is 632. The van der Waals surface area contributed by atoms with Gasteiger partial charge in [0.2, 0.25) is 10.0 Å². The van der Waals surface area contributed by atoms with Crippen molar-refractivity contribution in [2.24, 2.45) is 5.92 Å². The SMILES string of the molecule is COCc1cccc(S(=O)(=O)N2CC[C@@H]3CCN(C)C[C@@H]32)c1. The molecule has 0 unspecified atom stereocenters. The second kappa shape index (κ2) is 6.28. The number of fused-ring (bicyclic) bond motifs is 1. The standard InChI is InChI=1S/C16H24N2O3S/c1-17-8-6-14-7-9-18(16(14)11-17)22(19,20)15-5-3-4-13(10-15)12-21-2/h3-5,10,14,16H,6-9,11-12H2,1-2H3/t14-,16-/m0/s1. The van der Waals surface area contributed by atoms with Gasteiger partial charge in [0.25, 0.3) is 0 Å². The van der Waals surface area contributed by atoms with Crippen LogP contribution >= 0.6 is 0 Å². The maximum atomic E-state index is 13.0. The van der Waals surface area contributed by atoms with Crippen molar-refractivity contribution in [2.75, 3.05) is 33.8 Å². The summed E-state index contributed by atoms with van der Waals surface area (Å²) in [5.41, 5.74) is 0.889. The molecule has 2 aliphatic heterocycles. The number of likely N-dealkylation sites (N-methyl/N-ethyl adjacent to an activating group) is 1. The van der Waals surface area contributed by atoms with Gasteiger partial charge in [-0.15, -0.1) is 0 Å². The maximum Gasteiger partial charge on any atom is 0.243 e. The Kier molecular flexibility index (Phi) is 4.54. The van der Waals surface area contributed by atoms with E-state index in [1.807, 2.05) is 6.07 Å². The molecule has 0 radical (unpaired) electrons. The van der Waals surface area contributed by atoms with Crippen molar-refractivity contribution in [3.05, 3.63) is 29.8 Å². The zero-order valence-corrected chi connectivity index (χ0v) is 14.1. The second-order valence-corrected chi connectivity index (χ2v) is 8.25. The van der Waals surface area contributed by atoms with Gasteiger partial charge in [-0.1, -0.05) is 12.1 Å². The topological polar surface area (TPSA) is 49.9 Å². The summed E-state index contributed by atoms with van der Waals surface area (Å²) < 4.78 is 32.9. The molecule has 5 nitrogen and oxygen atoms in total. The lowest BCUT2D eigenvalue weighted by molar-refractivity contribution is 0.165. The Balaban J connectivity index is 1.88. The van der Waals surface area contributed by atoms with E-state index in [1.54, 1.807) is 29.6 Å². The van der Waals surface area contributed by atoms with E-state index in [4.69, 9.17) is 4.74 Å². The first-order valence-corrected chi connectivity index (χ1v) is 9.24. The molecule has 2 aliphatic rings. The molecule has 0 aromatic heterocycles. The van der Waals surface area contributed by atoms with Crippen molar-refractivity contribution < 1.29 is 13.2 Å². The Labute approximate surface area is 132 Å². The third-order valence-electron chi connectivity index (χ3n) is 4.83. The van der Waals surface area contributed by atoms with E-state index in [-0.39, 0.29) is 6.04 Å². The lowest BCUT2D eigenvalue weighted by Gasteiger charge is -2.36. The predicted octanol–water partition coefficient (Wildman–Crippen LogP) is 1.55. The number of ether oxygens (including phenoxy) is 1. The molecule has 0 saturated carbocycles. The molecule has 2 fully saturated rings. The minimum absolute atomic E-state index is 0.120. The summed E-state index contributed by atoms with van der Waals surface area (Å²) in [7, 11) is 0.261. The van der Waals surface area contributed by atoms with E-state index in [0.29, 0.717) is 24.0 Å². The number of hydrogen-bond acceptors (Lipinski definition) is 4. The molecule has 0 spiro atoms. The van der Waals surface area contributed by atoms with Crippen LogP contribution in [-0.4, -0.2) is 57.5 Å². The van der Waals surface area contributed by atoms with Crippen LogP contribution in [0.5, 0.6) is 0 Å². The fourth-order valence-corrected chi connectivity index (χ4v) is 5.42. The number of benzene rings is 1. The van der Waals surface area contributed by atoms with Crippen LogP contribution in [0.4, 0.5) is 0 Å². The lowest BCUT2D eigenvalue weighted by atomic mass is 9.93. The van der Waals surface area contributed by atoms with Crippen molar-refractivity contribution in [2.45, 2.75) is 30.4 Å². The van der Waals surface area contributed by atoms with Crippen LogP contribution in [0, 0.1) is 5.92 Å². The van der Waals surface area contributed by atoms with Gasteiger partial charge in [-0.3, -0.25) is 0 Å². The average Bonchev–Trinajstić information content (AvgIpc) is 2.91. The predicted molar refractivity (Wildman–Crippen MR) is 85.1 cm³/mol. The molecule has 22 heavy (non-hydrogen) atoms. The normalized spacial score (nSPS) is 27.0. The van der Waals surface area contributed by atoms with Crippen LogP contribution < -0.4 is 0 Å². The van der Waals surface area contributed by atoms with Crippen LogP contribution in [0.2, 0.25) is 0 Å². The van der Waals surface area contributed by atoms with Crippen LogP contribution in [0.15, 0.2) is 29.2 Å². The number of nitrogens with zero attached hydrogens (tertiary/aromatic N) is 2. The van der Waals surface area contributed by atoms with Crippen LogP contribution in [0.25, 0.3) is 0 Å². The van der Waals surface area contributed by atoms with Crippen molar-refractivity contribution in [3.8, 4) is 0 Å². The van der Waals surface area contributed by atoms with Gasteiger partial charge < -0.3 is 9.64 Å². The molecule has 1 aromatic carbocycles. The summed E-state index contributed by atoms with van der Waals surface area (Å²) in [6.07, 6.45) is 2.08. The molecule has 3 rings (SSSR count). The average molecular weight is 324 g/mol. The van der Waals surface area contributed by atoms with Crippen molar-refractivity contribution in [1.82, 2.24) is 9.21 Å². The molecule has 6 heteroatoms. The van der Waals surface area contributed by atoms with E-state index in [2.05, 4.69) is 11.9 Å². The zero-order valence-electron chi connectivity index (χ0n) is 13.2. The van der Waals surface area contributed by atoms with Gasteiger partial charge in [-0.2, -0.15) is 4.31 Å². The molecule has 2 atom stereocenters. The highest BCUT2D eigenvalue weighted by atomic mass is 32.2. The summed E-state index contributed by atoms with van der Waals surface area (Å²) in [6.45, 7) is 2.97. The highest BCUT2D eigenvalue weighted by Gasteiger charge is 2.43. The van der Waals surface area contributed by atoms with Crippen LogP contribution in [0.3, 0.4) is 0 Å². The fraction of sp³-hybridized carbons (Fsp3) is 0.625. The molecular weight excluding hydrogens is 300 g/mol. The molecule has 122 valence electrons. The number of methoxy groups -OCH3 is 1. The summed E-state index contributed by atoms with van der Waals surface area (Å²) in [5.74, 6) is 0.508. The minimum Gasteiger partial charge on any atom is -0.380 e. The smallest absolute Gasteiger partial charge is 0.243 e. The van der Waals surface area contributed by atoms with Gasteiger partial charge in [0.15, 0.2) is 0 Å². The van der Waals surface area contributed by atoms with Crippen molar-refractivity contribution >= 4 is 10.0 Å². The van der Waals surface area contributed by atoms with E-state index in [0.717, 1.165) is 31.5 Å². The van der Waals surface area contributed by atoms with Gasteiger partial charge in [-0.25, -0.2) is 8.42 Å². The number of rotatable bonds is 4. The number of hydrogen-bond donors (Lipinski definition) is 0. The van der Waals surface area contributed by atoms with Gasteiger partial charge in [-0.05, 0) is 50.0 Å². The minimum atomic E-state index is -3.42. The van der Waals surface area contributed by atoms with Crippen LogP contribution in [0.1, 0.15) is 18.4 Å². The summed E-state index contributed by atoms with van der Waals surface area (Å²) >= 11 is 0. The van der Waals surface area contributed by atoms with Gasteiger partial charge >= 0.3 is 0 Å². The Hall–Kier alpha value is -0.950. The summed E-state index contributed by atoms with van der Waals surface area (Å²) in [4.78, 5) is 2.62. The Morgan fingerprint density at radius 2 is 2.05 bits per heavy atom. The molecule has 2 saturated heterocycles. The first kappa shape index (κ1) is 15.9. The van der Waals surface area contributed by atoms with E-state index < -0.39 is 10.0 Å². The highest BCUT2D eigenvalue weighted by Crippen LogP contribution is 2.35. The lowest BCUT2D eigenvalue weighted by Crippen LogP contribution is -2.48. The molecule has 0 bridgehead atoms. The van der Waals surface area contributed by atoms with Gasteiger partial charge in [0.1, 0.15) is 0 Å². The molecule has 1 aromatic rings. The first-order valence-electron chi connectivity index (χ1n) is 7.80. The van der Waals surface area contributed by atoms with Crippen molar-refractivity contribution in [3.63, 3.8) is 0 Å². The third-order valence-corrected chi connectivity index (χ3v) is 6.75.